The van der Waals surface area contributed by atoms with Gasteiger partial charge in [-0.1, -0.05) is 31.1 Å². The molecule has 3 aromatic rings. The van der Waals surface area contributed by atoms with Gasteiger partial charge in [0.15, 0.2) is 10.8 Å². The van der Waals surface area contributed by atoms with Crippen molar-refractivity contribution in [1.29, 1.82) is 0 Å². The SMILES string of the molecule is CC(C)NCc1cc(-c2nc3ccccc3s2)on1. The van der Waals surface area contributed by atoms with Crippen molar-refractivity contribution in [3.8, 4) is 10.8 Å². The monoisotopic (exact) mass is 273 g/mol. The van der Waals surface area contributed by atoms with E-state index in [0.29, 0.717) is 12.6 Å². The van der Waals surface area contributed by atoms with Crippen LogP contribution < -0.4 is 5.32 Å². The molecule has 0 aliphatic heterocycles. The molecule has 19 heavy (non-hydrogen) atoms. The van der Waals surface area contributed by atoms with Gasteiger partial charge in [-0.15, -0.1) is 11.3 Å². The van der Waals surface area contributed by atoms with Crippen molar-refractivity contribution >= 4 is 21.6 Å². The van der Waals surface area contributed by atoms with Crippen LogP contribution in [0, 0.1) is 0 Å². The quantitative estimate of drug-likeness (QED) is 0.791. The molecule has 0 aliphatic rings. The summed E-state index contributed by atoms with van der Waals surface area (Å²) >= 11 is 1.62. The molecule has 0 fully saturated rings. The first-order chi connectivity index (χ1) is 9.22. The molecule has 3 rings (SSSR count). The van der Waals surface area contributed by atoms with Crippen molar-refractivity contribution in [2.75, 3.05) is 0 Å². The van der Waals surface area contributed by atoms with Gasteiger partial charge in [0.1, 0.15) is 0 Å². The van der Waals surface area contributed by atoms with Crippen LogP contribution in [0.3, 0.4) is 0 Å². The van der Waals surface area contributed by atoms with E-state index in [1.807, 2.05) is 24.3 Å². The highest BCUT2D eigenvalue weighted by molar-refractivity contribution is 7.21. The molecule has 5 heteroatoms. The Bertz CT molecular complexity index is 654. The third-order valence-electron chi connectivity index (χ3n) is 2.76. The summed E-state index contributed by atoms with van der Waals surface area (Å²) < 4.78 is 6.53. The fraction of sp³-hybridized carbons (Fsp3) is 0.286. The third-order valence-corrected chi connectivity index (χ3v) is 3.81. The van der Waals surface area contributed by atoms with Gasteiger partial charge in [-0.25, -0.2) is 4.98 Å². The Hall–Kier alpha value is -1.72. The van der Waals surface area contributed by atoms with Gasteiger partial charge in [0.25, 0.3) is 0 Å². The van der Waals surface area contributed by atoms with Gasteiger partial charge < -0.3 is 9.84 Å². The number of benzene rings is 1. The van der Waals surface area contributed by atoms with Crippen LogP contribution in [-0.4, -0.2) is 16.2 Å². The second kappa shape index (κ2) is 5.11. The number of fused-ring (bicyclic) bond motifs is 1. The van der Waals surface area contributed by atoms with E-state index in [4.69, 9.17) is 4.52 Å². The topological polar surface area (TPSA) is 51.0 Å². The number of aromatic nitrogens is 2. The molecule has 0 radical (unpaired) electrons. The van der Waals surface area contributed by atoms with E-state index in [1.165, 1.54) is 0 Å². The first-order valence-corrected chi connectivity index (χ1v) is 7.09. The summed E-state index contributed by atoms with van der Waals surface area (Å²) in [7, 11) is 0. The fourth-order valence-electron chi connectivity index (χ4n) is 1.78. The van der Waals surface area contributed by atoms with Crippen LogP contribution in [0.4, 0.5) is 0 Å². The van der Waals surface area contributed by atoms with E-state index in [9.17, 15) is 0 Å². The van der Waals surface area contributed by atoms with E-state index < -0.39 is 0 Å². The lowest BCUT2D eigenvalue weighted by molar-refractivity contribution is 0.417. The minimum atomic E-state index is 0.433. The Morgan fingerprint density at radius 3 is 2.95 bits per heavy atom. The van der Waals surface area contributed by atoms with E-state index in [1.54, 1.807) is 11.3 Å². The van der Waals surface area contributed by atoms with Crippen molar-refractivity contribution < 1.29 is 4.52 Å². The second-order valence-electron chi connectivity index (χ2n) is 4.70. The summed E-state index contributed by atoms with van der Waals surface area (Å²) in [6, 6.07) is 10.5. The van der Waals surface area contributed by atoms with Crippen molar-refractivity contribution in [3.63, 3.8) is 0 Å². The zero-order valence-electron chi connectivity index (χ0n) is 10.9. The van der Waals surface area contributed by atoms with Gasteiger partial charge in [0.05, 0.1) is 15.9 Å². The minimum Gasteiger partial charge on any atom is -0.353 e. The lowest BCUT2D eigenvalue weighted by Crippen LogP contribution is -2.21. The molecule has 0 aliphatic carbocycles. The van der Waals surface area contributed by atoms with Gasteiger partial charge in [0.2, 0.25) is 0 Å². The number of hydrogen-bond donors (Lipinski definition) is 1. The molecule has 0 amide bonds. The van der Waals surface area contributed by atoms with E-state index in [-0.39, 0.29) is 0 Å². The van der Waals surface area contributed by atoms with Gasteiger partial charge >= 0.3 is 0 Å². The molecular formula is C14H15N3OS. The molecule has 0 saturated carbocycles. The number of nitrogens with zero attached hydrogens (tertiary/aromatic N) is 2. The van der Waals surface area contributed by atoms with Crippen molar-refractivity contribution in [2.24, 2.45) is 0 Å². The van der Waals surface area contributed by atoms with Crippen LogP contribution in [-0.2, 0) is 6.54 Å². The van der Waals surface area contributed by atoms with E-state index in [2.05, 4.69) is 35.4 Å². The molecule has 4 nitrogen and oxygen atoms in total. The van der Waals surface area contributed by atoms with Gasteiger partial charge in [-0.05, 0) is 12.1 Å². The van der Waals surface area contributed by atoms with Crippen LogP contribution in [0.15, 0.2) is 34.9 Å². The summed E-state index contributed by atoms with van der Waals surface area (Å²) in [5.41, 5.74) is 1.91. The molecule has 1 aromatic carbocycles. The van der Waals surface area contributed by atoms with Crippen molar-refractivity contribution in [2.45, 2.75) is 26.4 Å². The predicted octanol–water partition coefficient (Wildman–Crippen LogP) is 3.45. The summed E-state index contributed by atoms with van der Waals surface area (Å²) in [6.45, 7) is 4.93. The number of rotatable bonds is 4. The Morgan fingerprint density at radius 1 is 1.32 bits per heavy atom. The van der Waals surface area contributed by atoms with Gasteiger partial charge in [0, 0.05) is 18.7 Å². The number of nitrogens with one attached hydrogen (secondary N) is 1. The van der Waals surface area contributed by atoms with Crippen LogP contribution in [0.25, 0.3) is 21.0 Å². The molecule has 0 unspecified atom stereocenters. The number of thiazole rings is 1. The largest absolute Gasteiger partial charge is 0.353 e. The summed E-state index contributed by atoms with van der Waals surface area (Å²) in [4.78, 5) is 4.56. The standard InChI is InChI=1S/C14H15N3OS/c1-9(2)15-8-10-7-12(18-17-10)14-16-11-5-3-4-6-13(11)19-14/h3-7,9,15H,8H2,1-2H3. The van der Waals surface area contributed by atoms with Crippen LogP contribution in [0.1, 0.15) is 19.5 Å². The predicted molar refractivity (Wildman–Crippen MR) is 77.1 cm³/mol. The fourth-order valence-corrected chi connectivity index (χ4v) is 2.70. The minimum absolute atomic E-state index is 0.433. The van der Waals surface area contributed by atoms with Crippen LogP contribution in [0.5, 0.6) is 0 Å². The van der Waals surface area contributed by atoms with Gasteiger partial charge in [-0.2, -0.15) is 0 Å². The van der Waals surface area contributed by atoms with E-state index >= 15 is 0 Å². The highest BCUT2D eigenvalue weighted by atomic mass is 32.1. The maximum atomic E-state index is 5.37. The molecule has 0 spiro atoms. The zero-order chi connectivity index (χ0) is 13.2. The molecule has 98 valence electrons. The number of hydrogen-bond acceptors (Lipinski definition) is 5. The smallest absolute Gasteiger partial charge is 0.195 e. The number of para-hydroxylation sites is 1. The maximum Gasteiger partial charge on any atom is 0.195 e. The normalized spacial score (nSPS) is 11.5. The molecule has 0 bridgehead atoms. The lowest BCUT2D eigenvalue weighted by atomic mass is 10.3. The Morgan fingerprint density at radius 2 is 2.16 bits per heavy atom. The second-order valence-corrected chi connectivity index (χ2v) is 5.74. The lowest BCUT2D eigenvalue weighted by Gasteiger charge is -2.03. The summed E-state index contributed by atoms with van der Waals surface area (Å²) in [6.07, 6.45) is 0. The summed E-state index contributed by atoms with van der Waals surface area (Å²) in [5.74, 6) is 0.738. The Balaban J connectivity index is 1.85. The van der Waals surface area contributed by atoms with Crippen molar-refractivity contribution in [3.05, 3.63) is 36.0 Å². The maximum absolute atomic E-state index is 5.37. The molecule has 2 aromatic heterocycles. The van der Waals surface area contributed by atoms with Gasteiger partial charge in [-0.3, -0.25) is 0 Å². The molecule has 2 heterocycles. The van der Waals surface area contributed by atoms with Crippen molar-refractivity contribution in [1.82, 2.24) is 15.5 Å². The van der Waals surface area contributed by atoms with Crippen LogP contribution >= 0.6 is 11.3 Å². The Kier molecular flexibility index (Phi) is 3.31. The average molecular weight is 273 g/mol. The molecule has 0 saturated heterocycles. The molecule has 0 atom stereocenters. The molecule has 1 N–H and O–H groups in total. The Labute approximate surface area is 115 Å². The highest BCUT2D eigenvalue weighted by Gasteiger charge is 2.11. The average Bonchev–Trinajstić information content (AvgIpc) is 3.02. The summed E-state index contributed by atoms with van der Waals surface area (Å²) in [5, 5.41) is 8.26. The highest BCUT2D eigenvalue weighted by Crippen LogP contribution is 2.30. The van der Waals surface area contributed by atoms with Crippen LogP contribution in [0.2, 0.25) is 0 Å². The first-order valence-electron chi connectivity index (χ1n) is 6.27. The third kappa shape index (κ3) is 2.67. The molecular weight excluding hydrogens is 258 g/mol. The zero-order valence-corrected chi connectivity index (χ0v) is 11.7. The van der Waals surface area contributed by atoms with E-state index in [0.717, 1.165) is 26.7 Å². The first kappa shape index (κ1) is 12.3.